The van der Waals surface area contributed by atoms with E-state index in [9.17, 15) is 0 Å². The molecule has 0 amide bonds. The first-order chi connectivity index (χ1) is 9.74. The maximum Gasteiger partial charge on any atom is 0.263 e. The molecular weight excluding hydrogens is 252 g/mol. The van der Waals surface area contributed by atoms with Crippen LogP contribution >= 0.6 is 0 Å². The van der Waals surface area contributed by atoms with Crippen LogP contribution in [-0.2, 0) is 7.05 Å². The summed E-state index contributed by atoms with van der Waals surface area (Å²) >= 11 is 0. The van der Waals surface area contributed by atoms with Crippen molar-refractivity contribution in [2.24, 2.45) is 7.05 Å². The average Bonchev–Trinajstić information content (AvgIpc) is 3.00. The summed E-state index contributed by atoms with van der Waals surface area (Å²) in [7, 11) is 1.93. The Morgan fingerprint density at radius 2 is 2.05 bits per heavy atom. The highest BCUT2D eigenvalue weighted by atomic mass is 16.5. The molecule has 4 rings (SSSR count). The lowest BCUT2D eigenvalue weighted by Crippen LogP contribution is -2.35. The second-order valence-electron chi connectivity index (χ2n) is 4.85. The Balaban J connectivity index is 2.05. The van der Waals surface area contributed by atoms with Crippen molar-refractivity contribution in [3.05, 3.63) is 48.2 Å². The van der Waals surface area contributed by atoms with E-state index in [1.807, 2.05) is 36.0 Å². The van der Waals surface area contributed by atoms with E-state index in [0.29, 0.717) is 0 Å². The van der Waals surface area contributed by atoms with Crippen LogP contribution in [0.25, 0.3) is 28.1 Å². The highest BCUT2D eigenvalue weighted by Crippen LogP contribution is 2.22. The van der Waals surface area contributed by atoms with E-state index in [4.69, 9.17) is 4.52 Å². The van der Waals surface area contributed by atoms with Crippen LogP contribution in [0.2, 0.25) is 0 Å². The van der Waals surface area contributed by atoms with E-state index in [1.165, 1.54) is 5.56 Å². The molecule has 0 saturated carbocycles. The Morgan fingerprint density at radius 3 is 2.90 bits per heavy atom. The van der Waals surface area contributed by atoms with E-state index in [1.54, 1.807) is 10.8 Å². The first kappa shape index (κ1) is 11.2. The summed E-state index contributed by atoms with van der Waals surface area (Å²) in [5.41, 5.74) is 5.75. The summed E-state index contributed by atoms with van der Waals surface area (Å²) in [5.74, 6) is 0. The molecule has 5 nitrogen and oxygen atoms in total. The van der Waals surface area contributed by atoms with Gasteiger partial charge in [0, 0.05) is 17.2 Å². The second kappa shape index (κ2) is 3.90. The molecule has 20 heavy (non-hydrogen) atoms. The third-order valence-corrected chi connectivity index (χ3v) is 3.54. The number of hydrogen-bond donors (Lipinski definition) is 0. The fourth-order valence-corrected chi connectivity index (χ4v) is 2.51. The molecule has 0 aliphatic rings. The third kappa shape index (κ3) is 1.46. The van der Waals surface area contributed by atoms with Gasteiger partial charge >= 0.3 is 0 Å². The molecule has 3 aromatic heterocycles. The Bertz CT molecular complexity index is 936. The van der Waals surface area contributed by atoms with Gasteiger partial charge in [0.1, 0.15) is 11.8 Å². The van der Waals surface area contributed by atoms with Crippen molar-refractivity contribution < 1.29 is 9.20 Å². The molecule has 0 aliphatic carbocycles. The number of nitrogens with zero attached hydrogens (tertiary/aromatic N) is 4. The lowest BCUT2D eigenvalue weighted by atomic mass is 10.1. The van der Waals surface area contributed by atoms with Crippen molar-refractivity contribution in [2.45, 2.75) is 6.92 Å². The van der Waals surface area contributed by atoms with Gasteiger partial charge in [-0.1, -0.05) is 22.9 Å². The summed E-state index contributed by atoms with van der Waals surface area (Å²) in [6.45, 7) is 2.10. The van der Waals surface area contributed by atoms with E-state index < -0.39 is 0 Å². The zero-order valence-corrected chi connectivity index (χ0v) is 11.2. The maximum atomic E-state index is 5.37. The first-order valence-corrected chi connectivity index (χ1v) is 6.43. The topological polar surface area (TPSA) is 47.2 Å². The zero-order valence-electron chi connectivity index (χ0n) is 11.2. The zero-order chi connectivity index (χ0) is 13.7. The molecule has 3 heterocycles. The summed E-state index contributed by atoms with van der Waals surface area (Å²) in [4.78, 5) is 4.53. The van der Waals surface area contributed by atoms with Gasteiger partial charge in [0.2, 0.25) is 5.69 Å². The summed E-state index contributed by atoms with van der Waals surface area (Å²) in [5, 5.41) is 4.58. The second-order valence-corrected chi connectivity index (χ2v) is 4.85. The standard InChI is InChI=1S/C15H13N4O/c1-10-5-3-4-6-11(10)13-9-12-15(17-18(13)2)19-14(16-12)7-8-20-19/h3-9H,1-2H3/q+1. The minimum Gasteiger partial charge on any atom is -0.379 e. The van der Waals surface area contributed by atoms with E-state index in [-0.39, 0.29) is 0 Å². The number of rotatable bonds is 1. The molecule has 98 valence electrons. The lowest BCUT2D eigenvalue weighted by Gasteiger charge is -2.02. The molecule has 0 N–H and O–H groups in total. The smallest absolute Gasteiger partial charge is 0.263 e. The Labute approximate surface area is 115 Å². The van der Waals surface area contributed by atoms with E-state index in [2.05, 4.69) is 29.1 Å². The maximum absolute atomic E-state index is 5.37. The predicted octanol–water partition coefficient (Wildman–Crippen LogP) is 2.28. The van der Waals surface area contributed by atoms with Gasteiger partial charge in [-0.15, -0.1) is 4.57 Å². The van der Waals surface area contributed by atoms with Gasteiger partial charge in [-0.25, -0.2) is 4.98 Å². The quantitative estimate of drug-likeness (QED) is 0.496. The number of imidazole rings is 1. The molecule has 0 unspecified atom stereocenters. The fraction of sp³-hybridized carbons (Fsp3) is 0.133. The molecule has 0 radical (unpaired) electrons. The van der Waals surface area contributed by atoms with Crippen LogP contribution in [0.5, 0.6) is 0 Å². The molecule has 1 aromatic carbocycles. The Kier molecular flexibility index (Phi) is 2.18. The number of aryl methyl sites for hydroxylation is 2. The van der Waals surface area contributed by atoms with Gasteiger partial charge in [-0.05, 0) is 18.6 Å². The first-order valence-electron chi connectivity index (χ1n) is 6.43. The van der Waals surface area contributed by atoms with E-state index in [0.717, 1.165) is 28.1 Å². The van der Waals surface area contributed by atoms with Gasteiger partial charge in [0.25, 0.3) is 5.65 Å². The molecule has 5 heteroatoms. The number of benzene rings is 1. The SMILES string of the molecule is Cc1ccccc1-c1cc2nc3ccon3c2n[n+]1C. The minimum absolute atomic E-state index is 0.727. The normalized spacial score (nSPS) is 11.5. The third-order valence-electron chi connectivity index (χ3n) is 3.54. The highest BCUT2D eigenvalue weighted by Gasteiger charge is 2.19. The molecule has 0 saturated heterocycles. The van der Waals surface area contributed by atoms with Crippen molar-refractivity contribution in [2.75, 3.05) is 0 Å². The van der Waals surface area contributed by atoms with Gasteiger partial charge in [-0.3, -0.25) is 0 Å². The van der Waals surface area contributed by atoms with Crippen molar-refractivity contribution in [3.63, 3.8) is 0 Å². The van der Waals surface area contributed by atoms with Crippen molar-refractivity contribution in [3.8, 4) is 11.3 Å². The van der Waals surface area contributed by atoms with Gasteiger partial charge in [0.15, 0.2) is 12.7 Å². The van der Waals surface area contributed by atoms with Crippen molar-refractivity contribution >= 4 is 16.8 Å². The van der Waals surface area contributed by atoms with Crippen LogP contribution in [0.4, 0.5) is 0 Å². The molecule has 4 aromatic rings. The Morgan fingerprint density at radius 1 is 1.20 bits per heavy atom. The van der Waals surface area contributed by atoms with Gasteiger partial charge < -0.3 is 4.52 Å². The van der Waals surface area contributed by atoms with Crippen molar-refractivity contribution in [1.82, 2.24) is 14.7 Å². The predicted molar refractivity (Wildman–Crippen MR) is 74.1 cm³/mol. The molecular formula is C15H13N4O+. The van der Waals surface area contributed by atoms with E-state index >= 15 is 0 Å². The van der Waals surface area contributed by atoms with Crippen LogP contribution < -0.4 is 4.68 Å². The molecule has 0 aliphatic heterocycles. The van der Waals surface area contributed by atoms with Crippen LogP contribution in [0.3, 0.4) is 0 Å². The van der Waals surface area contributed by atoms with Crippen LogP contribution in [0.15, 0.2) is 47.2 Å². The minimum atomic E-state index is 0.727. The average molecular weight is 265 g/mol. The fourth-order valence-electron chi connectivity index (χ4n) is 2.51. The van der Waals surface area contributed by atoms with Gasteiger partial charge in [-0.2, -0.15) is 0 Å². The molecule has 0 bridgehead atoms. The number of fused-ring (bicyclic) bond motifs is 3. The van der Waals surface area contributed by atoms with Crippen LogP contribution in [-0.4, -0.2) is 14.7 Å². The lowest BCUT2D eigenvalue weighted by molar-refractivity contribution is -0.718. The number of aromatic nitrogens is 4. The van der Waals surface area contributed by atoms with Crippen LogP contribution in [0, 0.1) is 6.92 Å². The summed E-state index contributed by atoms with van der Waals surface area (Å²) in [6, 6.07) is 12.1. The van der Waals surface area contributed by atoms with Crippen LogP contribution in [0.1, 0.15) is 5.56 Å². The van der Waals surface area contributed by atoms with Gasteiger partial charge in [0.05, 0.1) is 5.56 Å². The van der Waals surface area contributed by atoms with Crippen molar-refractivity contribution in [1.29, 1.82) is 0 Å². The molecule has 0 atom stereocenters. The number of hydrogen-bond acceptors (Lipinski definition) is 3. The molecule has 0 fully saturated rings. The highest BCUT2D eigenvalue weighted by molar-refractivity contribution is 5.78. The largest absolute Gasteiger partial charge is 0.379 e. The monoisotopic (exact) mass is 265 g/mol. The summed E-state index contributed by atoms with van der Waals surface area (Å²) < 4.78 is 8.87. The summed E-state index contributed by atoms with van der Waals surface area (Å²) in [6.07, 6.45) is 1.61. The Hall–Kier alpha value is -2.69. The molecule has 0 spiro atoms.